The van der Waals surface area contributed by atoms with E-state index in [-0.39, 0.29) is 29.9 Å². The Morgan fingerprint density at radius 2 is 1.88 bits per heavy atom. The first-order valence-electron chi connectivity index (χ1n) is 16.2. The van der Waals surface area contributed by atoms with Crippen LogP contribution in [0.3, 0.4) is 0 Å². The van der Waals surface area contributed by atoms with E-state index in [4.69, 9.17) is 19.3 Å². The van der Waals surface area contributed by atoms with Crippen molar-refractivity contribution < 1.29 is 42.1 Å². The summed E-state index contributed by atoms with van der Waals surface area (Å²) in [4.78, 5) is 29.0. The molecular weight excluding hydrogens is 645 g/mol. The van der Waals surface area contributed by atoms with Crippen LogP contribution in [0.25, 0.3) is 10.9 Å². The van der Waals surface area contributed by atoms with Crippen LogP contribution in [0.5, 0.6) is 0 Å². The van der Waals surface area contributed by atoms with Gasteiger partial charge in [0.2, 0.25) is 0 Å². The van der Waals surface area contributed by atoms with Crippen LogP contribution >= 0.6 is 0 Å². The molecular formula is C34H45F3N6O6. The molecule has 15 heteroatoms. The van der Waals surface area contributed by atoms with E-state index in [9.17, 15) is 22.8 Å². The average Bonchev–Trinajstić information content (AvgIpc) is 3.62. The van der Waals surface area contributed by atoms with Crippen LogP contribution in [-0.2, 0) is 27.3 Å². The second-order valence-electron chi connectivity index (χ2n) is 13.0. The molecule has 0 saturated carbocycles. The number of halogens is 3. The fourth-order valence-corrected chi connectivity index (χ4v) is 5.64. The average molecular weight is 691 g/mol. The normalized spacial score (nSPS) is 17.0. The number of rotatable bonds is 14. The number of alkyl halides is 3. The van der Waals surface area contributed by atoms with Crippen molar-refractivity contribution >= 4 is 28.7 Å². The molecule has 3 N–H and O–H groups in total. The Morgan fingerprint density at radius 3 is 2.57 bits per heavy atom. The molecule has 2 unspecified atom stereocenters. The van der Waals surface area contributed by atoms with E-state index in [1.54, 1.807) is 43.5 Å². The van der Waals surface area contributed by atoms with Gasteiger partial charge in [-0.1, -0.05) is 12.0 Å². The highest BCUT2D eigenvalue weighted by Crippen LogP contribution is 2.32. The zero-order valence-corrected chi connectivity index (χ0v) is 28.3. The molecule has 0 radical (unpaired) electrons. The Labute approximate surface area is 283 Å². The van der Waals surface area contributed by atoms with Crippen molar-refractivity contribution in [3.63, 3.8) is 0 Å². The molecule has 1 amide bonds. The standard InChI is InChI=1S/C34H45F3N6O6/c1-33(2,3)49-32(46)38-12-6-7-25-19-26-28(8-5-9-30(26)43(25)22-34(35,36)37)40-27-10-13-41(4)20-24(27)11-15-47-17-18-48-16-14-42-21-29(31(44)45)39-23-42/h5,8-9,19,21,23-24,27,40H,10-18,20,22H2,1-4H3,(H,38,46)(H,44,45). The summed E-state index contributed by atoms with van der Waals surface area (Å²) in [6.45, 7) is 7.82. The molecule has 4 rings (SSSR count). The zero-order valence-electron chi connectivity index (χ0n) is 28.3. The summed E-state index contributed by atoms with van der Waals surface area (Å²) < 4.78 is 60.5. The summed E-state index contributed by atoms with van der Waals surface area (Å²) in [7, 11) is 2.07. The Bertz CT molecular complexity index is 1620. The van der Waals surface area contributed by atoms with Gasteiger partial charge < -0.3 is 44.0 Å². The summed E-state index contributed by atoms with van der Waals surface area (Å²) in [5, 5.41) is 15.7. The van der Waals surface area contributed by atoms with Gasteiger partial charge in [0.15, 0.2) is 5.69 Å². The van der Waals surface area contributed by atoms with Crippen molar-refractivity contribution in [1.82, 2.24) is 24.3 Å². The number of imidazole rings is 1. The highest BCUT2D eigenvalue weighted by molar-refractivity contribution is 5.94. The van der Waals surface area contributed by atoms with Crippen LogP contribution < -0.4 is 10.6 Å². The van der Waals surface area contributed by atoms with E-state index < -0.39 is 30.4 Å². The number of nitrogens with one attached hydrogen (secondary N) is 2. The minimum atomic E-state index is -4.46. The highest BCUT2D eigenvalue weighted by atomic mass is 19.4. The summed E-state index contributed by atoms with van der Waals surface area (Å²) in [5.41, 5.74) is 0.640. The summed E-state index contributed by atoms with van der Waals surface area (Å²) >= 11 is 0. The fourth-order valence-electron chi connectivity index (χ4n) is 5.64. The summed E-state index contributed by atoms with van der Waals surface area (Å²) in [6, 6.07) is 7.00. The fraction of sp³-hybridized carbons (Fsp3) is 0.559. The molecule has 1 fully saturated rings. The number of fused-ring (bicyclic) bond motifs is 1. The lowest BCUT2D eigenvalue weighted by Crippen LogP contribution is -2.45. The van der Waals surface area contributed by atoms with Crippen molar-refractivity contribution in [2.24, 2.45) is 5.92 Å². The number of carboxylic acids is 1. The van der Waals surface area contributed by atoms with Gasteiger partial charge in [-0.2, -0.15) is 13.2 Å². The SMILES string of the molecule is CN1CCC(Nc2cccc3c2cc(C#CCNC(=O)OC(C)(C)C)n3CC(F)(F)F)C(CCOCCOCCn2cnc(C(=O)O)c2)C1. The van der Waals surface area contributed by atoms with Crippen LogP contribution in [0, 0.1) is 17.8 Å². The molecule has 268 valence electrons. The molecule has 1 aliphatic rings. The van der Waals surface area contributed by atoms with Gasteiger partial charge >= 0.3 is 18.2 Å². The van der Waals surface area contributed by atoms with Crippen LogP contribution in [-0.4, -0.2) is 107 Å². The summed E-state index contributed by atoms with van der Waals surface area (Å²) in [5.74, 6) is 4.72. The maximum atomic E-state index is 13.7. The van der Waals surface area contributed by atoms with Crippen molar-refractivity contribution in [3.8, 4) is 11.8 Å². The zero-order chi connectivity index (χ0) is 35.6. The number of carbonyl (C=O) groups is 2. The lowest BCUT2D eigenvalue weighted by Gasteiger charge is -2.38. The van der Waals surface area contributed by atoms with Crippen LogP contribution in [0.1, 0.15) is 49.8 Å². The lowest BCUT2D eigenvalue weighted by molar-refractivity contribution is -0.140. The third kappa shape index (κ3) is 12.0. The largest absolute Gasteiger partial charge is 0.476 e. The van der Waals surface area contributed by atoms with E-state index in [2.05, 4.69) is 39.4 Å². The minimum Gasteiger partial charge on any atom is -0.476 e. The molecule has 0 aliphatic carbocycles. The predicted molar refractivity (Wildman–Crippen MR) is 178 cm³/mol. The van der Waals surface area contributed by atoms with Crippen molar-refractivity contribution in [3.05, 3.63) is 48.2 Å². The van der Waals surface area contributed by atoms with Gasteiger partial charge in [-0.15, -0.1) is 0 Å². The Hall–Kier alpha value is -4.26. The number of aromatic carboxylic acids is 1. The molecule has 49 heavy (non-hydrogen) atoms. The van der Waals surface area contributed by atoms with E-state index in [0.717, 1.165) is 36.2 Å². The number of carbonyl (C=O) groups excluding carboxylic acids is 1. The first-order chi connectivity index (χ1) is 23.2. The molecule has 3 aromatic rings. The van der Waals surface area contributed by atoms with Gasteiger partial charge in [-0.3, -0.25) is 0 Å². The Morgan fingerprint density at radius 1 is 1.12 bits per heavy atom. The number of amides is 1. The third-order valence-electron chi connectivity index (χ3n) is 7.85. The Balaban J connectivity index is 1.35. The van der Waals surface area contributed by atoms with Crippen LogP contribution in [0.4, 0.5) is 23.7 Å². The first-order valence-corrected chi connectivity index (χ1v) is 16.2. The minimum absolute atomic E-state index is 0.0124. The second-order valence-corrected chi connectivity index (χ2v) is 13.0. The highest BCUT2D eigenvalue weighted by Gasteiger charge is 2.31. The molecule has 2 aromatic heterocycles. The molecule has 2 atom stereocenters. The van der Waals surface area contributed by atoms with Crippen molar-refractivity contribution in [2.75, 3.05) is 58.4 Å². The molecule has 0 spiro atoms. The summed E-state index contributed by atoms with van der Waals surface area (Å²) in [6.07, 6.45) is -0.580. The maximum absolute atomic E-state index is 13.7. The van der Waals surface area contributed by atoms with Gasteiger partial charge in [0.05, 0.1) is 43.9 Å². The topological polar surface area (TPSA) is 132 Å². The number of likely N-dealkylation sites (tertiary alicyclic amines) is 1. The molecule has 3 heterocycles. The molecule has 1 aliphatic heterocycles. The van der Waals surface area contributed by atoms with Gasteiger partial charge in [0, 0.05) is 43.0 Å². The number of piperidine rings is 1. The number of alkyl carbamates (subject to hydrolysis) is 1. The molecule has 1 saturated heterocycles. The molecule has 1 aromatic carbocycles. The number of benzene rings is 1. The first kappa shape index (κ1) is 37.6. The monoisotopic (exact) mass is 690 g/mol. The predicted octanol–water partition coefficient (Wildman–Crippen LogP) is 4.83. The quantitative estimate of drug-likeness (QED) is 0.161. The molecule has 12 nitrogen and oxygen atoms in total. The van der Waals surface area contributed by atoms with Gasteiger partial charge in [0.25, 0.3) is 0 Å². The van der Waals surface area contributed by atoms with Crippen LogP contribution in [0.2, 0.25) is 0 Å². The lowest BCUT2D eigenvalue weighted by atomic mass is 9.89. The van der Waals surface area contributed by atoms with E-state index >= 15 is 0 Å². The van der Waals surface area contributed by atoms with Crippen molar-refractivity contribution in [2.45, 2.75) is 64.5 Å². The van der Waals surface area contributed by atoms with E-state index in [1.807, 2.05) is 6.07 Å². The van der Waals surface area contributed by atoms with Gasteiger partial charge in [0.1, 0.15) is 12.1 Å². The Kier molecular flexibility index (Phi) is 13.0. The maximum Gasteiger partial charge on any atom is 0.408 e. The van der Waals surface area contributed by atoms with E-state index in [0.29, 0.717) is 43.9 Å². The third-order valence-corrected chi connectivity index (χ3v) is 7.85. The number of hydrogen-bond donors (Lipinski definition) is 3. The number of nitrogens with zero attached hydrogens (tertiary/aromatic N) is 4. The van der Waals surface area contributed by atoms with Crippen molar-refractivity contribution in [1.29, 1.82) is 0 Å². The number of aromatic nitrogens is 3. The van der Waals surface area contributed by atoms with Gasteiger partial charge in [-0.05, 0) is 77.2 Å². The van der Waals surface area contributed by atoms with E-state index in [1.165, 1.54) is 12.5 Å². The van der Waals surface area contributed by atoms with Gasteiger partial charge in [-0.25, -0.2) is 14.6 Å². The number of carboxylic acid groups (broad SMARTS) is 1. The molecule has 0 bridgehead atoms. The number of ether oxygens (including phenoxy) is 3. The van der Waals surface area contributed by atoms with Crippen LogP contribution in [0.15, 0.2) is 36.8 Å². The number of anilines is 1. The number of hydrogen-bond acceptors (Lipinski definition) is 8. The smallest absolute Gasteiger partial charge is 0.408 e. The second kappa shape index (κ2) is 16.9.